The Hall–Kier alpha value is -4.53. The zero-order valence-corrected chi connectivity index (χ0v) is 22.0. The number of carbonyl (C=O) groups is 3. The third-order valence-electron chi connectivity index (χ3n) is 6.86. The number of hydrogen-bond donors (Lipinski definition) is 2. The van der Waals surface area contributed by atoms with Gasteiger partial charge in [-0.1, -0.05) is 67.1 Å². The maximum atomic E-state index is 13.8. The van der Waals surface area contributed by atoms with Crippen molar-refractivity contribution in [3.63, 3.8) is 0 Å². The van der Waals surface area contributed by atoms with Crippen molar-refractivity contribution in [2.24, 2.45) is 10.7 Å². The summed E-state index contributed by atoms with van der Waals surface area (Å²) in [5.74, 6) is -0.0839. The highest BCUT2D eigenvalue weighted by Crippen LogP contribution is 2.39. The van der Waals surface area contributed by atoms with Crippen LogP contribution in [0, 0.1) is 0 Å². The number of pyridine rings is 1. The molecule has 0 bridgehead atoms. The summed E-state index contributed by atoms with van der Waals surface area (Å²) in [5.41, 5.74) is 7.49. The first kappa shape index (κ1) is 27.5. The van der Waals surface area contributed by atoms with E-state index in [4.69, 9.17) is 15.5 Å². The minimum absolute atomic E-state index is 0.0808. The first-order valence-electron chi connectivity index (χ1n) is 13.0. The van der Waals surface area contributed by atoms with Crippen LogP contribution in [0.1, 0.15) is 42.4 Å². The van der Waals surface area contributed by atoms with E-state index in [1.165, 1.54) is 12.0 Å². The predicted octanol–water partition coefficient (Wildman–Crippen LogP) is 3.58. The van der Waals surface area contributed by atoms with Crippen molar-refractivity contribution in [1.29, 1.82) is 0 Å². The number of nitrogens with zero attached hydrogens (tertiary/aromatic N) is 3. The summed E-state index contributed by atoms with van der Waals surface area (Å²) in [7, 11) is 1.27. The van der Waals surface area contributed by atoms with Crippen molar-refractivity contribution in [1.82, 2.24) is 15.2 Å². The Kier molecular flexibility index (Phi) is 9.04. The molecule has 2 aromatic carbocycles. The fourth-order valence-corrected chi connectivity index (χ4v) is 4.82. The van der Waals surface area contributed by atoms with E-state index in [0.29, 0.717) is 32.2 Å². The summed E-state index contributed by atoms with van der Waals surface area (Å²) in [6.07, 6.45) is 5.24. The van der Waals surface area contributed by atoms with E-state index in [0.717, 1.165) is 16.7 Å². The normalized spacial score (nSPS) is 14.9. The van der Waals surface area contributed by atoms with Gasteiger partial charge in [0.25, 0.3) is 5.91 Å². The zero-order chi connectivity index (χ0) is 27.7. The molecule has 2 amide bonds. The fraction of sp³-hybridized carbons (Fsp3) is 0.300. The van der Waals surface area contributed by atoms with Crippen LogP contribution in [0.15, 0.2) is 90.2 Å². The first-order chi connectivity index (χ1) is 19.0. The Morgan fingerprint density at radius 2 is 1.56 bits per heavy atom. The molecule has 0 aliphatic carbocycles. The Balaban J connectivity index is 1.36. The van der Waals surface area contributed by atoms with Gasteiger partial charge < -0.3 is 15.8 Å². The fourth-order valence-electron chi connectivity index (χ4n) is 4.82. The third-order valence-corrected chi connectivity index (χ3v) is 6.86. The van der Waals surface area contributed by atoms with Crippen molar-refractivity contribution in [3.05, 3.63) is 102 Å². The number of nitrogens with one attached hydrogen (secondary N) is 1. The second-order valence-corrected chi connectivity index (χ2v) is 9.39. The molecule has 4 rings (SSSR count). The minimum atomic E-state index is -1.22. The summed E-state index contributed by atoms with van der Waals surface area (Å²) in [4.78, 5) is 48.8. The van der Waals surface area contributed by atoms with Gasteiger partial charge in [0, 0.05) is 25.4 Å². The van der Waals surface area contributed by atoms with E-state index in [-0.39, 0.29) is 24.1 Å². The number of aliphatic imine (C=N–C) groups is 1. The minimum Gasteiger partial charge on any atom is -0.453 e. The number of unbranched alkanes of at least 4 members (excludes halogenated alkanes) is 2. The predicted molar refractivity (Wildman–Crippen MR) is 148 cm³/mol. The standard InChI is InChI=1S/C30H33N5O4/c1-39-29(38)33-25(21-22-16-18-32-19-17-22)26(36)15-9-4-10-20-35-27(37)30(34-28(35)31,23-11-5-2-6-12-23)24-13-7-3-8-14-24/h2-3,5-8,11-14,16-19,25H,4,9-10,15,20-21H2,1H3,(H2,31,34)(H,33,38)/t25-/m0/s1. The van der Waals surface area contributed by atoms with Gasteiger partial charge in [0.15, 0.2) is 17.3 Å². The molecule has 0 saturated carbocycles. The molecule has 1 atom stereocenters. The topological polar surface area (TPSA) is 127 Å². The molecule has 3 aromatic rings. The molecule has 3 N–H and O–H groups in total. The van der Waals surface area contributed by atoms with E-state index in [1.54, 1.807) is 12.4 Å². The first-order valence-corrected chi connectivity index (χ1v) is 13.0. The number of amides is 2. The lowest BCUT2D eigenvalue weighted by Gasteiger charge is -2.27. The van der Waals surface area contributed by atoms with E-state index in [2.05, 4.69) is 10.3 Å². The molecule has 0 saturated heterocycles. The number of guanidine groups is 1. The van der Waals surface area contributed by atoms with E-state index in [1.807, 2.05) is 72.8 Å². The highest BCUT2D eigenvalue weighted by molar-refractivity contribution is 6.09. The number of ketones is 1. The molecule has 9 nitrogen and oxygen atoms in total. The van der Waals surface area contributed by atoms with E-state index >= 15 is 0 Å². The zero-order valence-electron chi connectivity index (χ0n) is 22.0. The molecule has 0 fully saturated rings. The number of Topliss-reactive ketones (excluding diaryl/α,β-unsaturated/α-hetero) is 1. The maximum absolute atomic E-state index is 13.8. The molecule has 0 radical (unpaired) electrons. The lowest BCUT2D eigenvalue weighted by molar-refractivity contribution is -0.130. The summed E-state index contributed by atoms with van der Waals surface area (Å²) < 4.78 is 4.69. The number of benzene rings is 2. The van der Waals surface area contributed by atoms with Gasteiger partial charge in [-0.05, 0) is 48.1 Å². The van der Waals surface area contributed by atoms with Crippen LogP contribution < -0.4 is 11.1 Å². The van der Waals surface area contributed by atoms with Gasteiger partial charge in [-0.25, -0.2) is 9.79 Å². The lowest BCUT2D eigenvalue weighted by atomic mass is 9.83. The second kappa shape index (κ2) is 12.8. The number of hydrogen-bond acceptors (Lipinski definition) is 7. The highest BCUT2D eigenvalue weighted by atomic mass is 16.5. The van der Waals surface area contributed by atoms with Crippen molar-refractivity contribution in [2.45, 2.75) is 43.7 Å². The van der Waals surface area contributed by atoms with Crippen LogP contribution in [0.4, 0.5) is 4.79 Å². The molecule has 1 aliphatic heterocycles. The molecule has 202 valence electrons. The Morgan fingerprint density at radius 1 is 0.949 bits per heavy atom. The average Bonchev–Trinajstić information content (AvgIpc) is 3.23. The van der Waals surface area contributed by atoms with Crippen molar-refractivity contribution in [3.8, 4) is 0 Å². The molecule has 0 unspecified atom stereocenters. The number of alkyl carbamates (subject to hydrolysis) is 1. The highest BCUT2D eigenvalue weighted by Gasteiger charge is 2.50. The molecule has 2 heterocycles. The van der Waals surface area contributed by atoms with E-state index in [9.17, 15) is 14.4 Å². The summed E-state index contributed by atoms with van der Waals surface area (Å²) in [5, 5.41) is 2.64. The van der Waals surface area contributed by atoms with Gasteiger partial charge in [0.2, 0.25) is 0 Å². The smallest absolute Gasteiger partial charge is 0.407 e. The van der Waals surface area contributed by atoms with Crippen LogP contribution in [-0.2, 0) is 26.3 Å². The van der Waals surface area contributed by atoms with Gasteiger partial charge in [-0.15, -0.1) is 0 Å². The number of carbonyl (C=O) groups excluding carboxylic acids is 3. The summed E-state index contributed by atoms with van der Waals surface area (Å²) in [6.45, 7) is 0.393. The molecule has 9 heteroatoms. The van der Waals surface area contributed by atoms with Crippen LogP contribution >= 0.6 is 0 Å². The maximum Gasteiger partial charge on any atom is 0.407 e. The van der Waals surface area contributed by atoms with Crippen LogP contribution in [0.3, 0.4) is 0 Å². The summed E-state index contributed by atoms with van der Waals surface area (Å²) >= 11 is 0. The number of aromatic nitrogens is 1. The second-order valence-electron chi connectivity index (χ2n) is 9.39. The monoisotopic (exact) mass is 527 g/mol. The molecule has 1 aromatic heterocycles. The van der Waals surface area contributed by atoms with E-state index < -0.39 is 17.7 Å². The van der Waals surface area contributed by atoms with Crippen molar-refractivity contribution in [2.75, 3.05) is 13.7 Å². The lowest BCUT2D eigenvalue weighted by Crippen LogP contribution is -2.44. The van der Waals surface area contributed by atoms with Gasteiger partial charge in [-0.2, -0.15) is 0 Å². The average molecular weight is 528 g/mol. The number of ether oxygens (including phenoxy) is 1. The molecule has 39 heavy (non-hydrogen) atoms. The van der Waals surface area contributed by atoms with Crippen LogP contribution in [-0.4, -0.2) is 53.3 Å². The Morgan fingerprint density at radius 3 is 2.15 bits per heavy atom. The Labute approximate surface area is 228 Å². The quantitative estimate of drug-likeness (QED) is 0.347. The molecular formula is C30H33N5O4. The molecule has 1 aliphatic rings. The van der Waals surface area contributed by atoms with Crippen molar-refractivity contribution < 1.29 is 19.1 Å². The summed E-state index contributed by atoms with van der Waals surface area (Å²) in [6, 6.07) is 21.8. The third kappa shape index (κ3) is 6.31. The van der Waals surface area contributed by atoms with Crippen LogP contribution in [0.25, 0.3) is 0 Å². The number of methoxy groups -OCH3 is 1. The Bertz CT molecular complexity index is 1260. The van der Waals surface area contributed by atoms with Gasteiger partial charge in [0.05, 0.1) is 13.2 Å². The van der Waals surface area contributed by atoms with Gasteiger partial charge in [0.1, 0.15) is 0 Å². The molecular weight excluding hydrogens is 494 g/mol. The van der Waals surface area contributed by atoms with Crippen LogP contribution in [0.5, 0.6) is 0 Å². The van der Waals surface area contributed by atoms with Crippen molar-refractivity contribution >= 4 is 23.7 Å². The van der Waals surface area contributed by atoms with Gasteiger partial charge >= 0.3 is 6.09 Å². The number of rotatable bonds is 12. The molecule has 0 spiro atoms. The largest absolute Gasteiger partial charge is 0.453 e. The van der Waals surface area contributed by atoms with Gasteiger partial charge in [-0.3, -0.25) is 19.5 Å². The number of nitrogens with two attached hydrogens (primary N) is 1. The SMILES string of the molecule is COC(=O)N[C@@H](Cc1ccncc1)C(=O)CCCCCN1C(=O)C(c2ccccc2)(c2ccccc2)N=C1N. The van der Waals surface area contributed by atoms with Crippen LogP contribution in [0.2, 0.25) is 0 Å².